The molecule has 6 nitrogen and oxygen atoms in total. The first kappa shape index (κ1) is 18.4. The van der Waals surface area contributed by atoms with Gasteiger partial charge in [0, 0.05) is 23.5 Å². The molecule has 0 fully saturated rings. The number of rotatable bonds is 6. The fourth-order valence-corrected chi connectivity index (χ4v) is 2.79. The summed E-state index contributed by atoms with van der Waals surface area (Å²) in [5.41, 5.74) is 3.42. The lowest BCUT2D eigenvalue weighted by Gasteiger charge is -2.09. The Morgan fingerprint density at radius 1 is 0.759 bits per heavy atom. The summed E-state index contributed by atoms with van der Waals surface area (Å²) in [5.74, 6) is -0.0695. The van der Waals surface area contributed by atoms with Gasteiger partial charge in [-0.25, -0.2) is 4.39 Å². The SMILES string of the molecule is O=c1[nH]c(Nc2ccc(Nc3ccccc3)cc2)nnc1Cc1ccc(F)cc1. The van der Waals surface area contributed by atoms with E-state index in [1.165, 1.54) is 12.1 Å². The number of hydrogen-bond donors (Lipinski definition) is 3. The number of H-pyrrole nitrogens is 1. The molecule has 0 atom stereocenters. The molecular formula is C22H18FN5O. The molecule has 144 valence electrons. The molecule has 1 aromatic heterocycles. The van der Waals surface area contributed by atoms with Crippen molar-refractivity contribution < 1.29 is 4.39 Å². The van der Waals surface area contributed by atoms with Gasteiger partial charge in [-0.2, -0.15) is 0 Å². The van der Waals surface area contributed by atoms with Crippen molar-refractivity contribution in [3.63, 3.8) is 0 Å². The first-order valence-corrected chi connectivity index (χ1v) is 9.05. The number of aromatic nitrogens is 3. The lowest BCUT2D eigenvalue weighted by Crippen LogP contribution is -2.18. The summed E-state index contributed by atoms with van der Waals surface area (Å²) in [6.07, 6.45) is 0.281. The number of halogens is 1. The van der Waals surface area contributed by atoms with E-state index in [9.17, 15) is 9.18 Å². The molecule has 0 aliphatic heterocycles. The van der Waals surface area contributed by atoms with Gasteiger partial charge in [-0.3, -0.25) is 9.78 Å². The fourth-order valence-electron chi connectivity index (χ4n) is 2.79. The van der Waals surface area contributed by atoms with Crippen molar-refractivity contribution in [3.8, 4) is 0 Å². The molecule has 0 saturated heterocycles. The third kappa shape index (κ3) is 4.84. The second kappa shape index (κ2) is 8.35. The van der Waals surface area contributed by atoms with Crippen LogP contribution in [0.5, 0.6) is 0 Å². The van der Waals surface area contributed by atoms with Crippen LogP contribution in [0, 0.1) is 5.82 Å². The highest BCUT2D eigenvalue weighted by Gasteiger charge is 2.07. The normalized spacial score (nSPS) is 10.5. The van der Waals surface area contributed by atoms with Crippen molar-refractivity contribution in [2.75, 3.05) is 10.6 Å². The highest BCUT2D eigenvalue weighted by atomic mass is 19.1. The van der Waals surface area contributed by atoms with Crippen molar-refractivity contribution in [2.45, 2.75) is 6.42 Å². The highest BCUT2D eigenvalue weighted by Crippen LogP contribution is 2.19. The largest absolute Gasteiger partial charge is 0.356 e. The zero-order valence-corrected chi connectivity index (χ0v) is 15.4. The zero-order chi connectivity index (χ0) is 20.1. The van der Waals surface area contributed by atoms with Crippen LogP contribution in [0.3, 0.4) is 0 Å². The Labute approximate surface area is 166 Å². The van der Waals surface area contributed by atoms with Crippen molar-refractivity contribution in [1.29, 1.82) is 0 Å². The molecule has 29 heavy (non-hydrogen) atoms. The quantitative estimate of drug-likeness (QED) is 0.457. The summed E-state index contributed by atoms with van der Waals surface area (Å²) in [6, 6.07) is 23.4. The van der Waals surface area contributed by atoms with Gasteiger partial charge in [-0.15, -0.1) is 10.2 Å². The average Bonchev–Trinajstić information content (AvgIpc) is 2.74. The first-order chi connectivity index (χ1) is 14.2. The van der Waals surface area contributed by atoms with Gasteiger partial charge < -0.3 is 10.6 Å². The lowest BCUT2D eigenvalue weighted by molar-refractivity contribution is 0.627. The maximum absolute atomic E-state index is 13.0. The van der Waals surface area contributed by atoms with Gasteiger partial charge >= 0.3 is 0 Å². The molecule has 0 aliphatic carbocycles. The van der Waals surface area contributed by atoms with Crippen LogP contribution in [0.2, 0.25) is 0 Å². The van der Waals surface area contributed by atoms with E-state index < -0.39 is 0 Å². The van der Waals surface area contributed by atoms with Gasteiger partial charge in [0.15, 0.2) is 0 Å². The molecule has 0 amide bonds. The maximum Gasteiger partial charge on any atom is 0.274 e. The van der Waals surface area contributed by atoms with E-state index in [1.807, 2.05) is 54.6 Å². The van der Waals surface area contributed by atoms with Gasteiger partial charge in [-0.1, -0.05) is 30.3 Å². The number of nitrogens with one attached hydrogen (secondary N) is 3. The van der Waals surface area contributed by atoms with Crippen LogP contribution in [0.25, 0.3) is 0 Å². The molecule has 0 radical (unpaired) electrons. The summed E-state index contributed by atoms with van der Waals surface area (Å²) in [5, 5.41) is 14.4. The van der Waals surface area contributed by atoms with Crippen molar-refractivity contribution >= 4 is 23.0 Å². The number of benzene rings is 3. The van der Waals surface area contributed by atoms with Crippen LogP contribution in [-0.4, -0.2) is 15.2 Å². The topological polar surface area (TPSA) is 82.7 Å². The Hall–Kier alpha value is -4.00. The highest BCUT2D eigenvalue weighted by molar-refractivity contribution is 5.63. The molecule has 7 heteroatoms. The first-order valence-electron chi connectivity index (χ1n) is 9.05. The van der Waals surface area contributed by atoms with Gasteiger partial charge in [0.25, 0.3) is 5.56 Å². The fraction of sp³-hybridized carbons (Fsp3) is 0.0455. The molecular weight excluding hydrogens is 369 g/mol. The van der Waals surface area contributed by atoms with Crippen molar-refractivity contribution in [1.82, 2.24) is 15.2 Å². The second-order valence-electron chi connectivity index (χ2n) is 6.45. The Balaban J connectivity index is 1.42. The van der Waals surface area contributed by atoms with E-state index in [1.54, 1.807) is 12.1 Å². The van der Waals surface area contributed by atoms with Gasteiger partial charge in [0.05, 0.1) is 0 Å². The van der Waals surface area contributed by atoms with E-state index in [4.69, 9.17) is 0 Å². The molecule has 0 saturated carbocycles. The van der Waals surface area contributed by atoms with Crippen LogP contribution in [-0.2, 0) is 6.42 Å². The van der Waals surface area contributed by atoms with E-state index in [0.29, 0.717) is 0 Å². The number of anilines is 4. The van der Waals surface area contributed by atoms with Crippen LogP contribution in [0.4, 0.5) is 27.4 Å². The zero-order valence-electron chi connectivity index (χ0n) is 15.4. The third-order valence-electron chi connectivity index (χ3n) is 4.26. The summed E-state index contributed by atoms with van der Waals surface area (Å²) < 4.78 is 13.0. The predicted octanol–water partition coefficient (Wildman–Crippen LogP) is 4.38. The molecule has 0 bridgehead atoms. The molecule has 4 rings (SSSR count). The van der Waals surface area contributed by atoms with E-state index >= 15 is 0 Å². The standard InChI is InChI=1S/C22H18FN5O/c23-16-8-6-15(7-9-16)14-20-21(29)26-22(28-27-20)25-19-12-10-18(11-13-19)24-17-4-2-1-3-5-17/h1-13,24H,14H2,(H2,25,26,28,29). The van der Waals surface area contributed by atoms with Crippen LogP contribution in [0.15, 0.2) is 83.7 Å². The summed E-state index contributed by atoms with van der Waals surface area (Å²) in [7, 11) is 0. The number of aromatic amines is 1. The molecule has 0 unspecified atom stereocenters. The van der Waals surface area contributed by atoms with Gasteiger partial charge in [-0.05, 0) is 54.1 Å². The molecule has 1 heterocycles. The average molecular weight is 387 g/mol. The molecule has 4 aromatic rings. The minimum atomic E-state index is -0.339. The minimum Gasteiger partial charge on any atom is -0.356 e. The molecule has 3 aromatic carbocycles. The number of para-hydroxylation sites is 1. The van der Waals surface area contributed by atoms with Gasteiger partial charge in [0.2, 0.25) is 5.95 Å². The van der Waals surface area contributed by atoms with Crippen molar-refractivity contribution in [3.05, 3.63) is 106 Å². The monoisotopic (exact) mass is 387 g/mol. The van der Waals surface area contributed by atoms with E-state index in [0.717, 1.165) is 22.6 Å². The Bertz CT molecular complexity index is 1140. The van der Waals surface area contributed by atoms with Gasteiger partial charge in [0.1, 0.15) is 11.5 Å². The van der Waals surface area contributed by atoms with Crippen LogP contribution in [0.1, 0.15) is 11.3 Å². The molecule has 3 N–H and O–H groups in total. The van der Waals surface area contributed by atoms with Crippen molar-refractivity contribution in [2.24, 2.45) is 0 Å². The predicted molar refractivity (Wildman–Crippen MR) is 111 cm³/mol. The second-order valence-corrected chi connectivity index (χ2v) is 6.45. The van der Waals surface area contributed by atoms with E-state index in [2.05, 4.69) is 25.8 Å². The Morgan fingerprint density at radius 3 is 2.03 bits per heavy atom. The Morgan fingerprint density at radius 2 is 1.38 bits per heavy atom. The third-order valence-corrected chi connectivity index (χ3v) is 4.26. The summed E-state index contributed by atoms with van der Waals surface area (Å²) >= 11 is 0. The Kier molecular flexibility index (Phi) is 5.29. The van der Waals surface area contributed by atoms with Crippen LogP contribution < -0.4 is 16.2 Å². The smallest absolute Gasteiger partial charge is 0.274 e. The van der Waals surface area contributed by atoms with Crippen LogP contribution >= 0.6 is 0 Å². The van der Waals surface area contributed by atoms with E-state index in [-0.39, 0.29) is 29.4 Å². The maximum atomic E-state index is 13.0. The molecule has 0 spiro atoms. The summed E-state index contributed by atoms with van der Waals surface area (Å²) in [6.45, 7) is 0. The molecule has 0 aliphatic rings. The lowest BCUT2D eigenvalue weighted by atomic mass is 10.1. The minimum absolute atomic E-state index is 0.252. The number of nitrogens with zero attached hydrogens (tertiary/aromatic N) is 2. The number of hydrogen-bond acceptors (Lipinski definition) is 5. The summed E-state index contributed by atoms with van der Waals surface area (Å²) in [4.78, 5) is 15.0.